The van der Waals surface area contributed by atoms with Gasteiger partial charge >= 0.3 is 12.1 Å². The van der Waals surface area contributed by atoms with E-state index in [1.165, 1.54) is 5.56 Å². The van der Waals surface area contributed by atoms with Crippen LogP contribution >= 0.6 is 0 Å². The van der Waals surface area contributed by atoms with Crippen molar-refractivity contribution in [3.05, 3.63) is 52.8 Å². The number of carbonyl (C=O) groups is 2. The zero-order chi connectivity index (χ0) is 26.0. The molecule has 4 aliphatic heterocycles. The molecule has 0 saturated carbocycles. The molecule has 4 aliphatic rings. The van der Waals surface area contributed by atoms with Crippen LogP contribution in [0, 0.1) is 6.92 Å². The molecule has 3 atom stereocenters. The Morgan fingerprint density at radius 2 is 1.87 bits per heavy atom. The van der Waals surface area contributed by atoms with Gasteiger partial charge in [-0.25, -0.2) is 14.6 Å². The molecule has 1 aromatic carbocycles. The number of aryl methyl sites for hydroxylation is 1. The van der Waals surface area contributed by atoms with Gasteiger partial charge in [-0.1, -0.05) is 6.07 Å². The Kier molecular flexibility index (Phi) is 5.58. The van der Waals surface area contributed by atoms with E-state index in [0.717, 1.165) is 71.0 Å². The highest BCUT2D eigenvalue weighted by Crippen LogP contribution is 2.40. The Morgan fingerprint density at radius 1 is 1.05 bits per heavy atom. The smallest absolute Gasteiger partial charge is 0.407 e. The minimum atomic E-state index is -0.884. The maximum absolute atomic E-state index is 13.6. The van der Waals surface area contributed by atoms with Gasteiger partial charge in [0.25, 0.3) is 0 Å². The van der Waals surface area contributed by atoms with Crippen molar-refractivity contribution < 1.29 is 19.4 Å². The van der Waals surface area contributed by atoms with Crippen molar-refractivity contribution in [2.75, 3.05) is 26.2 Å². The molecule has 0 spiro atoms. The van der Waals surface area contributed by atoms with Crippen molar-refractivity contribution in [2.45, 2.75) is 63.8 Å². The highest BCUT2D eigenvalue weighted by atomic mass is 16.5. The van der Waals surface area contributed by atoms with Crippen LogP contribution in [0.3, 0.4) is 0 Å². The van der Waals surface area contributed by atoms with E-state index in [4.69, 9.17) is 4.74 Å². The first-order valence-electron chi connectivity index (χ1n) is 13.7. The number of amides is 3. The monoisotopic (exact) mass is 515 g/mol. The number of aromatic nitrogens is 2. The standard InChI is InChI=1S/C29H33N5O4/c1-17-12-30-27-23(17)11-20(13-31-27)19-9-18-6-8-32(28(35)33-14-21-4-5-22(15-33)38-21)16-25(18)24(10-19)26-3-2-7-34(26)29(36)37/h9-13,21-22,26H,2-8,14-16H2,1H3,(H,30,31)(H,36,37)/t21?,22?,26-/m0/s1. The van der Waals surface area contributed by atoms with E-state index in [9.17, 15) is 14.7 Å². The van der Waals surface area contributed by atoms with Gasteiger partial charge in [0.15, 0.2) is 0 Å². The number of nitrogens with zero attached hydrogens (tertiary/aromatic N) is 4. The van der Waals surface area contributed by atoms with E-state index in [0.29, 0.717) is 32.7 Å². The molecule has 2 bridgehead atoms. The second kappa shape index (κ2) is 9.01. The Morgan fingerprint density at radius 3 is 2.66 bits per heavy atom. The topological polar surface area (TPSA) is 102 Å². The maximum atomic E-state index is 13.6. The molecule has 6 heterocycles. The van der Waals surface area contributed by atoms with Crippen molar-refractivity contribution in [1.82, 2.24) is 24.7 Å². The second-order valence-electron chi connectivity index (χ2n) is 11.2. The molecular weight excluding hydrogens is 482 g/mol. The SMILES string of the molecule is Cc1c[nH]c2ncc(-c3cc4c(c([C@@H]5CCCN5C(=O)O)c3)CN(C(=O)N3CC5CCC(C3)O5)CC4)cc12. The number of pyridine rings is 1. The van der Waals surface area contributed by atoms with Crippen molar-refractivity contribution in [2.24, 2.45) is 0 Å². The Hall–Kier alpha value is -3.59. The van der Waals surface area contributed by atoms with E-state index >= 15 is 0 Å². The first-order valence-corrected chi connectivity index (χ1v) is 13.7. The normalized spacial score (nSPS) is 24.8. The summed E-state index contributed by atoms with van der Waals surface area (Å²) >= 11 is 0. The fraction of sp³-hybridized carbons (Fsp3) is 0.483. The van der Waals surface area contributed by atoms with E-state index in [-0.39, 0.29) is 24.3 Å². The van der Waals surface area contributed by atoms with Crippen LogP contribution in [0.15, 0.2) is 30.6 Å². The largest absolute Gasteiger partial charge is 0.465 e. The van der Waals surface area contributed by atoms with Crippen LogP contribution in [0.2, 0.25) is 0 Å². The van der Waals surface area contributed by atoms with Gasteiger partial charge < -0.3 is 29.5 Å². The van der Waals surface area contributed by atoms with Gasteiger partial charge in [-0.2, -0.15) is 0 Å². The average molecular weight is 516 g/mol. The number of likely N-dealkylation sites (tertiary alicyclic amines) is 2. The number of hydrogen-bond acceptors (Lipinski definition) is 4. The van der Waals surface area contributed by atoms with Crippen LogP contribution in [0.4, 0.5) is 9.59 Å². The maximum Gasteiger partial charge on any atom is 0.407 e. The molecule has 2 aromatic heterocycles. The zero-order valence-corrected chi connectivity index (χ0v) is 21.7. The molecule has 3 saturated heterocycles. The molecule has 9 heteroatoms. The van der Waals surface area contributed by atoms with Crippen LogP contribution in [-0.2, 0) is 17.7 Å². The lowest BCUT2D eigenvalue weighted by molar-refractivity contribution is -0.0291. The third-order valence-corrected chi connectivity index (χ3v) is 8.89. The lowest BCUT2D eigenvalue weighted by Crippen LogP contribution is -2.52. The van der Waals surface area contributed by atoms with Crippen molar-refractivity contribution in [1.29, 1.82) is 0 Å². The molecule has 0 aliphatic carbocycles. The molecular formula is C29H33N5O4. The third kappa shape index (κ3) is 3.91. The van der Waals surface area contributed by atoms with E-state index in [2.05, 4.69) is 35.1 Å². The molecule has 198 valence electrons. The van der Waals surface area contributed by atoms with Gasteiger partial charge in [-0.3, -0.25) is 0 Å². The lowest BCUT2D eigenvalue weighted by Gasteiger charge is -2.39. The number of nitrogens with one attached hydrogen (secondary N) is 1. The lowest BCUT2D eigenvalue weighted by atomic mass is 9.87. The Labute approximate surface area is 221 Å². The van der Waals surface area contributed by atoms with Gasteiger partial charge in [0.2, 0.25) is 0 Å². The van der Waals surface area contributed by atoms with Crippen molar-refractivity contribution >= 4 is 23.2 Å². The predicted molar refractivity (Wildman–Crippen MR) is 142 cm³/mol. The fourth-order valence-corrected chi connectivity index (χ4v) is 6.91. The number of H-pyrrole nitrogens is 1. The molecule has 3 fully saturated rings. The number of benzene rings is 1. The minimum absolute atomic E-state index is 0.0740. The summed E-state index contributed by atoms with van der Waals surface area (Å²) in [5.41, 5.74) is 7.42. The molecule has 7 rings (SSSR count). The van der Waals surface area contributed by atoms with Crippen LogP contribution in [0.5, 0.6) is 0 Å². The van der Waals surface area contributed by atoms with Crippen molar-refractivity contribution in [3.63, 3.8) is 0 Å². The van der Waals surface area contributed by atoms with E-state index in [1.54, 1.807) is 4.90 Å². The summed E-state index contributed by atoms with van der Waals surface area (Å²) in [6.07, 6.45) is 7.72. The van der Waals surface area contributed by atoms with Crippen molar-refractivity contribution in [3.8, 4) is 11.1 Å². The van der Waals surface area contributed by atoms with Crippen LogP contribution in [-0.4, -0.2) is 80.3 Å². The first kappa shape index (κ1) is 23.5. The van der Waals surface area contributed by atoms with E-state index in [1.807, 2.05) is 22.2 Å². The van der Waals surface area contributed by atoms with Gasteiger partial charge in [0, 0.05) is 56.1 Å². The number of ether oxygens (including phenoxy) is 1. The van der Waals surface area contributed by atoms with Gasteiger partial charge in [-0.05, 0) is 79.0 Å². The second-order valence-corrected chi connectivity index (χ2v) is 11.2. The highest BCUT2D eigenvalue weighted by Gasteiger charge is 2.39. The molecule has 2 N–H and O–H groups in total. The van der Waals surface area contributed by atoms with Gasteiger partial charge in [-0.15, -0.1) is 0 Å². The number of carbonyl (C=O) groups excluding carboxylic acids is 1. The minimum Gasteiger partial charge on any atom is -0.465 e. The summed E-state index contributed by atoms with van der Waals surface area (Å²) in [4.78, 5) is 39.1. The summed E-state index contributed by atoms with van der Waals surface area (Å²) in [5.74, 6) is 0. The summed E-state index contributed by atoms with van der Waals surface area (Å²) in [5, 5.41) is 11.0. The number of morpholine rings is 1. The predicted octanol–water partition coefficient (Wildman–Crippen LogP) is 4.69. The molecule has 9 nitrogen and oxygen atoms in total. The Balaban J connectivity index is 1.26. The van der Waals surface area contributed by atoms with Crippen LogP contribution in [0.25, 0.3) is 22.2 Å². The quantitative estimate of drug-likeness (QED) is 0.515. The Bertz CT molecular complexity index is 1420. The molecule has 2 unspecified atom stereocenters. The number of urea groups is 1. The number of carboxylic acid groups (broad SMARTS) is 1. The molecule has 3 aromatic rings. The third-order valence-electron chi connectivity index (χ3n) is 8.89. The number of hydrogen-bond donors (Lipinski definition) is 2. The number of rotatable bonds is 2. The zero-order valence-electron chi connectivity index (χ0n) is 21.7. The van der Waals surface area contributed by atoms with E-state index < -0.39 is 6.09 Å². The number of aromatic amines is 1. The van der Waals surface area contributed by atoms with Crippen LogP contribution < -0.4 is 0 Å². The average Bonchev–Trinajstić information content (AvgIpc) is 3.65. The highest BCUT2D eigenvalue weighted by molar-refractivity contribution is 5.85. The van der Waals surface area contributed by atoms with Gasteiger partial charge in [0.1, 0.15) is 5.65 Å². The molecule has 0 radical (unpaired) electrons. The van der Waals surface area contributed by atoms with Gasteiger partial charge in [0.05, 0.1) is 18.2 Å². The summed E-state index contributed by atoms with van der Waals surface area (Å²) in [7, 11) is 0. The number of fused-ring (bicyclic) bond motifs is 4. The first-order chi connectivity index (χ1) is 18.4. The summed E-state index contributed by atoms with van der Waals surface area (Å²) in [6.45, 7) is 5.09. The fourth-order valence-electron chi connectivity index (χ4n) is 6.91. The van der Waals surface area contributed by atoms with Crippen LogP contribution in [0.1, 0.15) is 54.0 Å². The molecule has 3 amide bonds. The summed E-state index contributed by atoms with van der Waals surface area (Å²) < 4.78 is 5.95. The summed E-state index contributed by atoms with van der Waals surface area (Å²) in [6, 6.07) is 6.40. The molecule has 38 heavy (non-hydrogen) atoms.